The van der Waals surface area contributed by atoms with Gasteiger partial charge in [0.25, 0.3) is 0 Å². The number of nitrogens with one attached hydrogen (secondary N) is 1. The number of carbonyl (C=O) groups excluding carboxylic acids is 1. The summed E-state index contributed by atoms with van der Waals surface area (Å²) in [6, 6.07) is 11.2. The summed E-state index contributed by atoms with van der Waals surface area (Å²) in [6.07, 6.45) is 5.97. The second kappa shape index (κ2) is 8.54. The van der Waals surface area contributed by atoms with Gasteiger partial charge in [-0.25, -0.2) is 23.4 Å². The monoisotopic (exact) mass is 452 g/mol. The summed E-state index contributed by atoms with van der Waals surface area (Å²) < 4.78 is 25.0. The molecule has 32 heavy (non-hydrogen) atoms. The first-order valence-electron chi connectivity index (χ1n) is 10.1. The number of fused-ring (bicyclic) bond motifs is 1. The van der Waals surface area contributed by atoms with E-state index in [0.717, 1.165) is 34.5 Å². The van der Waals surface area contributed by atoms with Crippen molar-refractivity contribution in [2.75, 3.05) is 34.9 Å². The Morgan fingerprint density at radius 1 is 1.12 bits per heavy atom. The van der Waals surface area contributed by atoms with Gasteiger partial charge in [0.1, 0.15) is 5.82 Å². The van der Waals surface area contributed by atoms with Crippen molar-refractivity contribution in [1.29, 1.82) is 0 Å². The number of likely N-dealkylation sites (N-methyl/N-ethyl adjacent to an activating group) is 1. The van der Waals surface area contributed by atoms with E-state index in [1.54, 1.807) is 30.4 Å². The number of rotatable bonds is 7. The zero-order chi connectivity index (χ0) is 22.9. The summed E-state index contributed by atoms with van der Waals surface area (Å²) in [7, 11) is -0.134. The van der Waals surface area contributed by atoms with Crippen molar-refractivity contribution in [1.82, 2.24) is 15.0 Å². The van der Waals surface area contributed by atoms with Crippen molar-refractivity contribution >= 4 is 39.1 Å². The van der Waals surface area contributed by atoms with E-state index in [1.807, 2.05) is 30.3 Å². The van der Waals surface area contributed by atoms with Crippen LogP contribution in [0.2, 0.25) is 0 Å². The van der Waals surface area contributed by atoms with Gasteiger partial charge in [-0.1, -0.05) is 6.07 Å². The minimum atomic E-state index is -3.40. The maximum Gasteiger partial charge on any atom is 0.233 e. The van der Waals surface area contributed by atoms with Gasteiger partial charge in [-0.3, -0.25) is 9.10 Å². The quantitative estimate of drug-likeness (QED) is 0.586. The fraction of sp³-hybridized carbons (Fsp3) is 0.273. The van der Waals surface area contributed by atoms with Crippen molar-refractivity contribution in [3.63, 3.8) is 0 Å². The lowest BCUT2D eigenvalue weighted by atomic mass is 10.1. The van der Waals surface area contributed by atoms with Gasteiger partial charge in [-0.15, -0.1) is 0 Å². The average Bonchev–Trinajstić information content (AvgIpc) is 3.04. The summed E-state index contributed by atoms with van der Waals surface area (Å²) in [5.41, 5.74) is 4.34. The molecule has 0 aliphatic carbocycles. The molecular formula is C22H24N6O3S. The minimum absolute atomic E-state index is 0.0756. The second-order valence-electron chi connectivity index (χ2n) is 7.69. The number of aromatic nitrogens is 3. The van der Waals surface area contributed by atoms with Crippen LogP contribution in [0.25, 0.3) is 0 Å². The molecule has 0 saturated heterocycles. The molecule has 10 heteroatoms. The zero-order valence-electron chi connectivity index (χ0n) is 18.1. The van der Waals surface area contributed by atoms with Crippen LogP contribution < -0.4 is 14.5 Å². The van der Waals surface area contributed by atoms with Gasteiger partial charge in [0.05, 0.1) is 12.7 Å². The van der Waals surface area contributed by atoms with E-state index < -0.39 is 10.0 Å². The van der Waals surface area contributed by atoms with Crippen molar-refractivity contribution in [3.05, 3.63) is 65.6 Å². The van der Waals surface area contributed by atoms with E-state index in [-0.39, 0.29) is 5.91 Å². The number of benzene rings is 1. The number of aryl methyl sites for hydroxylation is 2. The molecule has 2 aromatic heterocycles. The maximum absolute atomic E-state index is 11.9. The first kappa shape index (κ1) is 21.7. The van der Waals surface area contributed by atoms with Crippen molar-refractivity contribution in [3.8, 4) is 0 Å². The number of sulfonamides is 1. The van der Waals surface area contributed by atoms with Crippen LogP contribution in [-0.4, -0.2) is 49.6 Å². The number of anilines is 4. The lowest BCUT2D eigenvalue weighted by Crippen LogP contribution is -2.27. The fourth-order valence-corrected chi connectivity index (χ4v) is 4.08. The highest BCUT2D eigenvalue weighted by molar-refractivity contribution is 7.92. The molecule has 1 aliphatic heterocycles. The number of amides is 1. The highest BCUT2D eigenvalue weighted by Gasteiger charge is 2.24. The molecule has 0 bridgehead atoms. The Hall–Kier alpha value is -3.53. The van der Waals surface area contributed by atoms with Gasteiger partial charge >= 0.3 is 0 Å². The third-order valence-corrected chi connectivity index (χ3v) is 6.61. The van der Waals surface area contributed by atoms with E-state index >= 15 is 0 Å². The first-order valence-corrected chi connectivity index (χ1v) is 11.9. The van der Waals surface area contributed by atoms with Crippen molar-refractivity contribution < 1.29 is 13.2 Å². The molecule has 1 aromatic carbocycles. The molecule has 166 valence electrons. The molecule has 1 aliphatic rings. The topological polar surface area (TPSA) is 108 Å². The van der Waals surface area contributed by atoms with E-state index in [4.69, 9.17) is 0 Å². The van der Waals surface area contributed by atoms with Gasteiger partial charge in [-0.05, 0) is 54.3 Å². The number of carbonyl (C=O) groups is 1. The molecule has 9 nitrogen and oxygen atoms in total. The molecule has 3 heterocycles. The first-order chi connectivity index (χ1) is 15.2. The molecule has 1 N–H and O–H groups in total. The normalized spacial score (nSPS) is 13.2. The van der Waals surface area contributed by atoms with Crippen LogP contribution in [0.5, 0.6) is 0 Å². The maximum atomic E-state index is 11.9. The van der Waals surface area contributed by atoms with Crippen LogP contribution >= 0.6 is 0 Å². The second-order valence-corrected chi connectivity index (χ2v) is 9.70. The van der Waals surface area contributed by atoms with Crippen molar-refractivity contribution in [2.45, 2.75) is 19.3 Å². The van der Waals surface area contributed by atoms with Gasteiger partial charge in [-0.2, -0.15) is 0 Å². The highest BCUT2D eigenvalue weighted by atomic mass is 32.2. The largest absolute Gasteiger partial charge is 0.324 e. The van der Waals surface area contributed by atoms with Gasteiger partial charge in [0.15, 0.2) is 0 Å². The Labute approximate surface area is 187 Å². The molecule has 1 amide bonds. The van der Waals surface area contributed by atoms with E-state index in [1.165, 1.54) is 11.4 Å². The zero-order valence-corrected chi connectivity index (χ0v) is 18.9. The summed E-state index contributed by atoms with van der Waals surface area (Å²) in [5, 5.41) is 3.20. The van der Waals surface area contributed by atoms with Crippen LogP contribution in [0.4, 0.5) is 23.1 Å². The summed E-state index contributed by atoms with van der Waals surface area (Å²) in [5.74, 6) is 0.950. The lowest BCUT2D eigenvalue weighted by Gasteiger charge is -2.18. The number of hydrogen-bond donors (Lipinski definition) is 1. The molecule has 3 aromatic rings. The Kier molecular flexibility index (Phi) is 5.79. The number of nitrogens with zero attached hydrogens (tertiary/aromatic N) is 5. The Bertz CT molecular complexity index is 1280. The fourth-order valence-electron chi connectivity index (χ4n) is 3.60. The third kappa shape index (κ3) is 4.54. The Balaban J connectivity index is 1.47. The lowest BCUT2D eigenvalue weighted by molar-refractivity contribution is -0.117. The molecule has 4 rings (SSSR count). The predicted molar refractivity (Wildman–Crippen MR) is 124 cm³/mol. The minimum Gasteiger partial charge on any atom is -0.324 e. The Morgan fingerprint density at radius 3 is 2.72 bits per heavy atom. The van der Waals surface area contributed by atoms with Crippen LogP contribution in [0.15, 0.2) is 48.8 Å². The standard InChI is InChI=1S/C22H24N6O3S/c1-27-19-9-8-18(13-16(19)14-20(27)29)26-22-24-12-10-17(25-22)7-6-15-5-4-11-23-21(15)28(2)32(3,30)31/h4-5,8-13H,6-7,14H2,1-3H3,(H,24,25,26). The van der Waals surface area contributed by atoms with Gasteiger partial charge < -0.3 is 10.2 Å². The van der Waals surface area contributed by atoms with Crippen LogP contribution in [0.1, 0.15) is 16.8 Å². The summed E-state index contributed by atoms with van der Waals surface area (Å²) in [4.78, 5) is 26.7. The number of hydrogen-bond acceptors (Lipinski definition) is 7. The number of pyridine rings is 1. The molecule has 0 radical (unpaired) electrons. The third-order valence-electron chi connectivity index (χ3n) is 5.44. The Morgan fingerprint density at radius 2 is 1.94 bits per heavy atom. The molecule has 0 unspecified atom stereocenters. The molecule has 0 saturated carbocycles. The molecule has 0 fully saturated rings. The summed E-state index contributed by atoms with van der Waals surface area (Å²) >= 11 is 0. The van der Waals surface area contributed by atoms with E-state index in [9.17, 15) is 13.2 Å². The SMILES string of the molecule is CN1C(=O)Cc2cc(Nc3nccc(CCc4cccnc4N(C)S(C)(=O)=O)n3)ccc21. The van der Waals surface area contributed by atoms with Crippen LogP contribution in [0.3, 0.4) is 0 Å². The summed E-state index contributed by atoms with van der Waals surface area (Å²) in [6.45, 7) is 0. The molecular weight excluding hydrogens is 428 g/mol. The van der Waals surface area contributed by atoms with Crippen LogP contribution in [-0.2, 0) is 34.1 Å². The van der Waals surface area contributed by atoms with Crippen LogP contribution in [0, 0.1) is 0 Å². The average molecular weight is 453 g/mol. The highest BCUT2D eigenvalue weighted by Crippen LogP contribution is 2.30. The molecule has 0 atom stereocenters. The van der Waals surface area contributed by atoms with Gasteiger partial charge in [0.2, 0.25) is 21.9 Å². The smallest absolute Gasteiger partial charge is 0.233 e. The predicted octanol–water partition coefficient (Wildman–Crippen LogP) is 2.32. The van der Waals surface area contributed by atoms with E-state index in [2.05, 4.69) is 20.3 Å². The molecule has 0 spiro atoms. The van der Waals surface area contributed by atoms with Crippen molar-refractivity contribution in [2.24, 2.45) is 0 Å². The van der Waals surface area contributed by atoms with E-state index in [0.29, 0.717) is 31.0 Å². The van der Waals surface area contributed by atoms with Gasteiger partial charge in [0, 0.05) is 43.6 Å².